The molecule has 3 aromatic carbocycles. The van der Waals surface area contributed by atoms with Crippen LogP contribution in [0.25, 0.3) is 0 Å². The van der Waals surface area contributed by atoms with Gasteiger partial charge in [0.05, 0.1) is 12.4 Å². The third-order valence-electron chi connectivity index (χ3n) is 6.48. The normalized spacial score (nSPS) is 11.0. The first-order valence-electron chi connectivity index (χ1n) is 13.6. The standard InChI is InChI=1S/C32H36N6O4/c1-21-5-11-27(17-23(21)3)35-29(39)13-15-31(41)37-33-19-25-7-9-26(10-8-25)20-34-38-32(42)16-14-30(40)36-28-12-6-22(2)24(4)18-28/h5-12,17-20H,13-16H2,1-4H3,(H,35,39)(H,36,40)(H,37,41)(H,38,42). The third kappa shape index (κ3) is 10.8. The maximum absolute atomic E-state index is 12.1. The zero-order valence-electron chi connectivity index (χ0n) is 24.3. The molecule has 4 amide bonds. The van der Waals surface area contributed by atoms with E-state index in [-0.39, 0.29) is 49.3 Å². The second-order valence-electron chi connectivity index (χ2n) is 9.95. The molecule has 10 heteroatoms. The molecule has 3 aromatic rings. The molecular formula is C32H36N6O4. The molecular weight excluding hydrogens is 532 g/mol. The van der Waals surface area contributed by atoms with Gasteiger partial charge in [-0.25, -0.2) is 10.9 Å². The summed E-state index contributed by atoms with van der Waals surface area (Å²) in [6, 6.07) is 18.4. The highest BCUT2D eigenvalue weighted by atomic mass is 16.2. The average molecular weight is 569 g/mol. The van der Waals surface area contributed by atoms with Gasteiger partial charge in [-0.15, -0.1) is 0 Å². The minimum atomic E-state index is -0.372. The number of nitrogens with zero attached hydrogens (tertiary/aromatic N) is 2. The number of hydrogen-bond donors (Lipinski definition) is 4. The van der Waals surface area contributed by atoms with Crippen molar-refractivity contribution in [2.75, 3.05) is 10.6 Å². The number of anilines is 2. The van der Waals surface area contributed by atoms with Gasteiger partial charge in [0.1, 0.15) is 0 Å². The Morgan fingerprint density at radius 1 is 0.524 bits per heavy atom. The van der Waals surface area contributed by atoms with E-state index in [4.69, 9.17) is 0 Å². The molecule has 42 heavy (non-hydrogen) atoms. The highest BCUT2D eigenvalue weighted by Gasteiger charge is 2.08. The number of carbonyl (C=O) groups excluding carboxylic acids is 4. The lowest BCUT2D eigenvalue weighted by Crippen LogP contribution is -2.20. The molecule has 4 N–H and O–H groups in total. The predicted molar refractivity (Wildman–Crippen MR) is 165 cm³/mol. The van der Waals surface area contributed by atoms with E-state index in [1.54, 1.807) is 24.3 Å². The van der Waals surface area contributed by atoms with Crippen LogP contribution in [0.5, 0.6) is 0 Å². The van der Waals surface area contributed by atoms with Gasteiger partial charge in [0.25, 0.3) is 0 Å². The number of hydrazone groups is 2. The van der Waals surface area contributed by atoms with E-state index in [2.05, 4.69) is 31.7 Å². The molecule has 0 aromatic heterocycles. The Kier molecular flexibility index (Phi) is 11.7. The van der Waals surface area contributed by atoms with E-state index in [0.717, 1.165) is 33.4 Å². The number of carbonyl (C=O) groups is 4. The van der Waals surface area contributed by atoms with Crippen molar-refractivity contribution >= 4 is 47.4 Å². The van der Waals surface area contributed by atoms with Crippen molar-refractivity contribution in [3.63, 3.8) is 0 Å². The quantitative estimate of drug-likeness (QED) is 0.186. The van der Waals surface area contributed by atoms with Crippen LogP contribution in [0.15, 0.2) is 70.9 Å². The maximum atomic E-state index is 12.1. The average Bonchev–Trinajstić information content (AvgIpc) is 2.95. The van der Waals surface area contributed by atoms with Crippen molar-refractivity contribution in [1.29, 1.82) is 0 Å². The number of aryl methyl sites for hydroxylation is 4. The van der Waals surface area contributed by atoms with Crippen LogP contribution in [0.2, 0.25) is 0 Å². The first-order valence-corrected chi connectivity index (χ1v) is 13.6. The molecule has 0 fully saturated rings. The third-order valence-corrected chi connectivity index (χ3v) is 6.48. The second kappa shape index (κ2) is 15.6. The van der Waals surface area contributed by atoms with Crippen molar-refractivity contribution < 1.29 is 19.2 Å². The lowest BCUT2D eigenvalue weighted by atomic mass is 10.1. The van der Waals surface area contributed by atoms with Crippen LogP contribution < -0.4 is 21.5 Å². The van der Waals surface area contributed by atoms with Crippen molar-refractivity contribution in [1.82, 2.24) is 10.9 Å². The summed E-state index contributed by atoms with van der Waals surface area (Å²) in [5.41, 5.74) is 12.1. The van der Waals surface area contributed by atoms with Gasteiger partial charge >= 0.3 is 0 Å². The number of hydrogen-bond acceptors (Lipinski definition) is 6. The minimum absolute atomic E-state index is 0.00621. The topological polar surface area (TPSA) is 141 Å². The van der Waals surface area contributed by atoms with Crippen LogP contribution in [0.4, 0.5) is 11.4 Å². The molecule has 0 aliphatic heterocycles. The van der Waals surface area contributed by atoms with E-state index >= 15 is 0 Å². The molecule has 0 saturated heterocycles. The fourth-order valence-electron chi connectivity index (χ4n) is 3.68. The Morgan fingerprint density at radius 3 is 1.24 bits per heavy atom. The second-order valence-corrected chi connectivity index (χ2v) is 9.95. The van der Waals surface area contributed by atoms with Crippen LogP contribution in [0, 0.1) is 27.7 Å². The highest BCUT2D eigenvalue weighted by Crippen LogP contribution is 2.15. The van der Waals surface area contributed by atoms with Crippen LogP contribution in [0.3, 0.4) is 0 Å². The summed E-state index contributed by atoms with van der Waals surface area (Å²) >= 11 is 0. The molecule has 0 saturated carbocycles. The molecule has 0 bridgehead atoms. The van der Waals surface area contributed by atoms with E-state index in [0.29, 0.717) is 11.4 Å². The van der Waals surface area contributed by atoms with Crippen LogP contribution in [-0.2, 0) is 19.2 Å². The molecule has 0 aliphatic rings. The summed E-state index contributed by atoms with van der Waals surface area (Å²) in [4.78, 5) is 48.3. The fourth-order valence-corrected chi connectivity index (χ4v) is 3.68. The maximum Gasteiger partial charge on any atom is 0.240 e. The monoisotopic (exact) mass is 568 g/mol. The highest BCUT2D eigenvalue weighted by molar-refractivity contribution is 5.94. The molecule has 0 spiro atoms. The lowest BCUT2D eigenvalue weighted by molar-refractivity contribution is -0.124. The van der Waals surface area contributed by atoms with Gasteiger partial charge in [0.2, 0.25) is 23.6 Å². The molecule has 218 valence electrons. The Hall–Kier alpha value is -5.12. The summed E-state index contributed by atoms with van der Waals surface area (Å²) in [6.07, 6.45) is 3.06. The number of benzene rings is 3. The number of rotatable bonds is 12. The van der Waals surface area contributed by atoms with Gasteiger partial charge < -0.3 is 10.6 Å². The summed E-state index contributed by atoms with van der Waals surface area (Å²) < 4.78 is 0. The van der Waals surface area contributed by atoms with Crippen molar-refractivity contribution in [3.05, 3.63) is 94.0 Å². The smallest absolute Gasteiger partial charge is 0.240 e. The molecule has 0 aliphatic carbocycles. The van der Waals surface area contributed by atoms with Crippen molar-refractivity contribution in [2.24, 2.45) is 10.2 Å². The Bertz CT molecular complexity index is 1380. The molecule has 3 rings (SSSR count). The van der Waals surface area contributed by atoms with E-state index in [9.17, 15) is 19.2 Å². The van der Waals surface area contributed by atoms with Gasteiger partial charge in [0.15, 0.2) is 0 Å². The minimum Gasteiger partial charge on any atom is -0.326 e. The molecule has 10 nitrogen and oxygen atoms in total. The van der Waals surface area contributed by atoms with Gasteiger partial charge in [0, 0.05) is 37.1 Å². The Morgan fingerprint density at radius 2 is 0.881 bits per heavy atom. The Balaban J connectivity index is 1.33. The fraction of sp³-hybridized carbons (Fsp3) is 0.250. The SMILES string of the molecule is Cc1ccc(NC(=O)CCC(=O)NN=Cc2ccc(C=NNC(=O)CCC(=O)Nc3ccc(C)c(C)c3)cc2)cc1C. The van der Waals surface area contributed by atoms with E-state index in [1.165, 1.54) is 12.4 Å². The lowest BCUT2D eigenvalue weighted by Gasteiger charge is -2.07. The van der Waals surface area contributed by atoms with Crippen LogP contribution in [0.1, 0.15) is 59.1 Å². The van der Waals surface area contributed by atoms with Crippen molar-refractivity contribution in [2.45, 2.75) is 53.4 Å². The van der Waals surface area contributed by atoms with Gasteiger partial charge in [-0.1, -0.05) is 36.4 Å². The first kappa shape index (κ1) is 31.4. The molecule has 0 unspecified atom stereocenters. The molecule has 0 heterocycles. The van der Waals surface area contributed by atoms with E-state index in [1.807, 2.05) is 64.1 Å². The zero-order valence-corrected chi connectivity index (χ0v) is 24.3. The Labute approximate surface area is 245 Å². The first-order chi connectivity index (χ1) is 20.1. The summed E-state index contributed by atoms with van der Waals surface area (Å²) in [7, 11) is 0. The number of amides is 4. The molecule has 0 atom stereocenters. The van der Waals surface area contributed by atoms with Gasteiger partial charge in [-0.05, 0) is 85.3 Å². The summed E-state index contributed by atoms with van der Waals surface area (Å²) in [5.74, 6) is -1.23. The zero-order chi connectivity index (χ0) is 30.5. The largest absolute Gasteiger partial charge is 0.326 e. The summed E-state index contributed by atoms with van der Waals surface area (Å²) in [6.45, 7) is 7.94. The predicted octanol–water partition coefficient (Wildman–Crippen LogP) is 4.66. The van der Waals surface area contributed by atoms with E-state index < -0.39 is 0 Å². The van der Waals surface area contributed by atoms with Gasteiger partial charge in [-0.2, -0.15) is 10.2 Å². The van der Waals surface area contributed by atoms with Crippen LogP contribution in [-0.4, -0.2) is 36.1 Å². The van der Waals surface area contributed by atoms with Crippen LogP contribution >= 0.6 is 0 Å². The van der Waals surface area contributed by atoms with Crippen molar-refractivity contribution in [3.8, 4) is 0 Å². The molecule has 0 radical (unpaired) electrons. The number of nitrogens with one attached hydrogen (secondary N) is 4. The van der Waals surface area contributed by atoms with Gasteiger partial charge in [-0.3, -0.25) is 19.2 Å². The summed E-state index contributed by atoms with van der Waals surface area (Å²) in [5, 5.41) is 13.4.